The number of phenolic OH excluding ortho intramolecular Hbond substituents is 1. The lowest BCUT2D eigenvalue weighted by Gasteiger charge is -2.26. The summed E-state index contributed by atoms with van der Waals surface area (Å²) in [7, 11) is 0. The molecular formula is C27H22BrNO6. The molecule has 1 amide bonds. The highest BCUT2D eigenvalue weighted by atomic mass is 79.9. The molecule has 5 rings (SSSR count). The van der Waals surface area contributed by atoms with Gasteiger partial charge in [-0.1, -0.05) is 22.0 Å². The molecule has 0 saturated heterocycles. The lowest BCUT2D eigenvalue weighted by atomic mass is 9.97. The third-order valence-corrected chi connectivity index (χ3v) is 6.35. The number of aromatic hydroxyl groups is 1. The smallest absolute Gasteiger partial charge is 0.295 e. The van der Waals surface area contributed by atoms with Gasteiger partial charge < -0.3 is 19.0 Å². The van der Waals surface area contributed by atoms with E-state index in [0.29, 0.717) is 41.2 Å². The Morgan fingerprint density at radius 1 is 0.971 bits per heavy atom. The Morgan fingerprint density at radius 2 is 1.71 bits per heavy atom. The van der Waals surface area contributed by atoms with Gasteiger partial charge in [-0.15, -0.1) is 0 Å². The van der Waals surface area contributed by atoms with Crippen LogP contribution in [0, 0.1) is 0 Å². The number of nitrogens with zero attached hydrogens (tertiary/aromatic N) is 1. The van der Waals surface area contributed by atoms with E-state index in [1.165, 1.54) is 11.0 Å². The van der Waals surface area contributed by atoms with Crippen LogP contribution in [0.15, 0.2) is 74.3 Å². The zero-order valence-electron chi connectivity index (χ0n) is 19.1. The molecule has 0 spiro atoms. The summed E-state index contributed by atoms with van der Waals surface area (Å²) in [4.78, 5) is 29.0. The van der Waals surface area contributed by atoms with E-state index in [0.717, 1.165) is 4.47 Å². The van der Waals surface area contributed by atoms with Gasteiger partial charge in [0.25, 0.3) is 5.91 Å². The third-order valence-electron chi connectivity index (χ3n) is 5.86. The number of carbonyl (C=O) groups excluding carboxylic acids is 1. The minimum absolute atomic E-state index is 0.00487. The maximum atomic E-state index is 13.7. The molecule has 1 aliphatic rings. The predicted octanol–water partition coefficient (Wildman–Crippen LogP) is 5.81. The van der Waals surface area contributed by atoms with Crippen molar-refractivity contribution in [1.82, 2.24) is 0 Å². The summed E-state index contributed by atoms with van der Waals surface area (Å²) < 4.78 is 17.8. The number of rotatable bonds is 6. The Balaban J connectivity index is 1.75. The minimum Gasteiger partial charge on any atom is -0.504 e. The van der Waals surface area contributed by atoms with Gasteiger partial charge in [-0.2, -0.15) is 0 Å². The average molecular weight is 536 g/mol. The van der Waals surface area contributed by atoms with Gasteiger partial charge in [0.15, 0.2) is 16.9 Å². The number of carbonyl (C=O) groups is 1. The summed E-state index contributed by atoms with van der Waals surface area (Å²) in [6.07, 6.45) is 0. The van der Waals surface area contributed by atoms with Crippen LogP contribution in [0.4, 0.5) is 5.69 Å². The van der Waals surface area contributed by atoms with E-state index >= 15 is 0 Å². The molecule has 2 heterocycles. The monoisotopic (exact) mass is 535 g/mol. The van der Waals surface area contributed by atoms with Crippen LogP contribution in [0.3, 0.4) is 0 Å². The van der Waals surface area contributed by atoms with Crippen molar-refractivity contribution in [2.45, 2.75) is 19.9 Å². The Bertz CT molecular complexity index is 1490. The fourth-order valence-corrected chi connectivity index (χ4v) is 4.73. The zero-order chi connectivity index (χ0) is 24.7. The summed E-state index contributed by atoms with van der Waals surface area (Å²) in [5, 5.41) is 10.6. The molecule has 1 unspecified atom stereocenters. The Labute approximate surface area is 209 Å². The first-order valence-corrected chi connectivity index (χ1v) is 12.0. The van der Waals surface area contributed by atoms with Crippen LogP contribution in [0.5, 0.6) is 17.2 Å². The third kappa shape index (κ3) is 3.93. The molecule has 0 saturated carbocycles. The second-order valence-electron chi connectivity index (χ2n) is 7.98. The van der Waals surface area contributed by atoms with Gasteiger partial charge in [-0.3, -0.25) is 14.5 Å². The van der Waals surface area contributed by atoms with Gasteiger partial charge in [0.1, 0.15) is 11.3 Å². The number of anilines is 1. The standard InChI is InChI=1S/C27H22BrNO6/c1-3-33-18-9-7-17(8-10-18)29-24(15-5-11-20(30)22(13-15)34-4-2)23-25(31)19-14-16(28)6-12-21(19)35-26(23)27(29)32/h5-14,24,30H,3-4H2,1-2H3. The lowest BCUT2D eigenvalue weighted by Crippen LogP contribution is -2.29. The van der Waals surface area contributed by atoms with Crippen LogP contribution < -0.4 is 19.8 Å². The highest BCUT2D eigenvalue weighted by molar-refractivity contribution is 9.10. The molecule has 35 heavy (non-hydrogen) atoms. The van der Waals surface area contributed by atoms with Crippen LogP contribution in [0.25, 0.3) is 11.0 Å². The molecule has 7 nitrogen and oxygen atoms in total. The van der Waals surface area contributed by atoms with Crippen molar-refractivity contribution in [2.24, 2.45) is 0 Å². The predicted molar refractivity (Wildman–Crippen MR) is 136 cm³/mol. The molecule has 3 aromatic carbocycles. The van der Waals surface area contributed by atoms with Crippen molar-refractivity contribution in [3.63, 3.8) is 0 Å². The van der Waals surface area contributed by atoms with E-state index < -0.39 is 11.9 Å². The molecule has 1 aromatic heterocycles. The number of amides is 1. The van der Waals surface area contributed by atoms with Crippen molar-refractivity contribution in [1.29, 1.82) is 0 Å². The molecule has 178 valence electrons. The van der Waals surface area contributed by atoms with Crippen molar-refractivity contribution >= 4 is 38.5 Å². The van der Waals surface area contributed by atoms with E-state index in [4.69, 9.17) is 13.9 Å². The number of halogens is 1. The first-order chi connectivity index (χ1) is 16.9. The van der Waals surface area contributed by atoms with Crippen LogP contribution in [0.1, 0.15) is 41.6 Å². The normalized spacial score (nSPS) is 14.9. The first-order valence-electron chi connectivity index (χ1n) is 11.2. The van der Waals surface area contributed by atoms with E-state index in [9.17, 15) is 14.7 Å². The van der Waals surface area contributed by atoms with E-state index in [-0.39, 0.29) is 28.3 Å². The number of hydrogen-bond donors (Lipinski definition) is 1. The molecule has 4 aromatic rings. The van der Waals surface area contributed by atoms with Crippen LogP contribution in [0.2, 0.25) is 0 Å². The Morgan fingerprint density at radius 3 is 2.43 bits per heavy atom. The van der Waals surface area contributed by atoms with Crippen molar-refractivity contribution in [3.8, 4) is 17.2 Å². The second kappa shape index (κ2) is 9.11. The highest BCUT2D eigenvalue weighted by Crippen LogP contribution is 2.43. The summed E-state index contributed by atoms with van der Waals surface area (Å²) in [6.45, 7) is 4.57. The van der Waals surface area contributed by atoms with Gasteiger partial charge in [0.2, 0.25) is 5.76 Å². The van der Waals surface area contributed by atoms with E-state index in [1.54, 1.807) is 54.6 Å². The van der Waals surface area contributed by atoms with Crippen LogP contribution in [-0.2, 0) is 0 Å². The number of fused-ring (bicyclic) bond motifs is 2. The number of benzene rings is 3. The molecule has 0 fully saturated rings. The van der Waals surface area contributed by atoms with E-state index in [2.05, 4.69) is 15.9 Å². The highest BCUT2D eigenvalue weighted by Gasteiger charge is 2.44. The zero-order valence-corrected chi connectivity index (χ0v) is 20.7. The lowest BCUT2D eigenvalue weighted by molar-refractivity contribution is 0.0971. The number of hydrogen-bond acceptors (Lipinski definition) is 6. The molecule has 1 N–H and O–H groups in total. The van der Waals surface area contributed by atoms with E-state index in [1.807, 2.05) is 13.8 Å². The average Bonchev–Trinajstić information content (AvgIpc) is 3.14. The molecule has 1 aliphatic heterocycles. The van der Waals surface area contributed by atoms with Crippen molar-refractivity contribution in [2.75, 3.05) is 18.1 Å². The van der Waals surface area contributed by atoms with Gasteiger partial charge >= 0.3 is 0 Å². The number of ether oxygens (including phenoxy) is 2. The van der Waals surface area contributed by atoms with Gasteiger partial charge in [0.05, 0.1) is 30.2 Å². The van der Waals surface area contributed by atoms with Gasteiger partial charge in [0, 0.05) is 10.2 Å². The number of phenols is 1. The molecule has 0 bridgehead atoms. The topological polar surface area (TPSA) is 89.2 Å². The first kappa shape index (κ1) is 23.0. The quantitative estimate of drug-likeness (QED) is 0.335. The fraction of sp³-hybridized carbons (Fsp3) is 0.185. The molecule has 1 atom stereocenters. The van der Waals surface area contributed by atoms with Crippen molar-refractivity contribution in [3.05, 3.63) is 92.2 Å². The molecule has 8 heteroatoms. The largest absolute Gasteiger partial charge is 0.504 e. The molecular weight excluding hydrogens is 514 g/mol. The van der Waals surface area contributed by atoms with Crippen LogP contribution >= 0.6 is 15.9 Å². The SMILES string of the molecule is CCOc1ccc(N2C(=O)c3oc4ccc(Br)cc4c(=O)c3C2c2ccc(O)c(OCC)c2)cc1. The minimum atomic E-state index is -0.783. The Kier molecular flexibility index (Phi) is 5.98. The van der Waals surface area contributed by atoms with Gasteiger partial charge in [-0.05, 0) is 74.0 Å². The van der Waals surface area contributed by atoms with Crippen LogP contribution in [-0.4, -0.2) is 24.2 Å². The maximum Gasteiger partial charge on any atom is 0.295 e. The Hall–Kier alpha value is -3.78. The maximum absolute atomic E-state index is 13.7. The van der Waals surface area contributed by atoms with Crippen molar-refractivity contribution < 1.29 is 23.8 Å². The molecule has 0 radical (unpaired) electrons. The molecule has 0 aliphatic carbocycles. The summed E-state index contributed by atoms with van der Waals surface area (Å²) >= 11 is 3.41. The summed E-state index contributed by atoms with van der Waals surface area (Å²) in [5.41, 5.74) is 1.46. The fourth-order valence-electron chi connectivity index (χ4n) is 4.37. The summed E-state index contributed by atoms with van der Waals surface area (Å²) in [5.74, 6) is 0.481. The summed E-state index contributed by atoms with van der Waals surface area (Å²) in [6, 6.07) is 16.2. The second-order valence-corrected chi connectivity index (χ2v) is 8.89. The van der Waals surface area contributed by atoms with Gasteiger partial charge in [-0.25, -0.2) is 0 Å².